The summed E-state index contributed by atoms with van der Waals surface area (Å²) in [6.07, 6.45) is 2.14. The summed E-state index contributed by atoms with van der Waals surface area (Å²) in [5.74, 6) is 1.03. The van der Waals surface area contributed by atoms with E-state index >= 15 is 0 Å². The van der Waals surface area contributed by atoms with Gasteiger partial charge in [-0.1, -0.05) is 6.92 Å². The first-order chi connectivity index (χ1) is 4.64. The van der Waals surface area contributed by atoms with Gasteiger partial charge in [-0.25, -0.2) is 0 Å². The number of nitrogens with one attached hydrogen (secondary N) is 1. The molecule has 0 aromatic rings. The van der Waals surface area contributed by atoms with Gasteiger partial charge in [0.1, 0.15) is 5.84 Å². The molecular weight excluding hydrogens is 144 g/mol. The Bertz CT molecular complexity index is 156. The Hall–Kier alpha value is -0.353. The van der Waals surface area contributed by atoms with Crippen LogP contribution < -0.4 is 5.48 Å². The largest absolute Gasteiger partial charge is 0.343 e. The van der Waals surface area contributed by atoms with Gasteiger partial charge in [0.05, 0.1) is 0 Å². The highest BCUT2D eigenvalue weighted by atomic mass is 28.4. The lowest BCUT2D eigenvalue weighted by molar-refractivity contribution is 0.265. The van der Waals surface area contributed by atoms with E-state index in [0.29, 0.717) is 0 Å². The summed E-state index contributed by atoms with van der Waals surface area (Å²) in [6.45, 7) is 6.28. The zero-order chi connectivity index (χ0) is 7.61. The second-order valence-electron chi connectivity index (χ2n) is 2.96. The Morgan fingerprint density at radius 2 is 2.30 bits per heavy atom. The van der Waals surface area contributed by atoms with Crippen molar-refractivity contribution in [2.75, 3.05) is 0 Å². The average molecular weight is 158 g/mol. The molecule has 1 heterocycles. The van der Waals surface area contributed by atoms with Gasteiger partial charge in [-0.3, -0.25) is 14.7 Å². The van der Waals surface area contributed by atoms with Gasteiger partial charge in [-0.15, -0.1) is 0 Å². The van der Waals surface area contributed by atoms with Crippen molar-refractivity contribution in [2.24, 2.45) is 4.66 Å². The molecule has 1 aliphatic heterocycles. The van der Waals surface area contributed by atoms with E-state index in [4.69, 9.17) is 4.53 Å². The van der Waals surface area contributed by atoms with Gasteiger partial charge in [0.15, 0.2) is 0 Å². The summed E-state index contributed by atoms with van der Waals surface area (Å²) in [6, 6.07) is 0. The van der Waals surface area contributed by atoms with E-state index in [-0.39, 0.29) is 0 Å². The van der Waals surface area contributed by atoms with E-state index in [1.165, 1.54) is 0 Å². The zero-order valence-corrected chi connectivity index (χ0v) is 7.77. The highest BCUT2D eigenvalue weighted by molar-refractivity contribution is 6.71. The number of amidine groups is 1. The van der Waals surface area contributed by atoms with E-state index in [2.05, 4.69) is 30.2 Å². The molecule has 0 bridgehead atoms. The van der Waals surface area contributed by atoms with Gasteiger partial charge >= 0.3 is 8.48 Å². The van der Waals surface area contributed by atoms with Gasteiger partial charge in [0.25, 0.3) is 0 Å². The molecule has 1 rings (SSSR count). The minimum absolute atomic E-state index is 1.01. The first kappa shape index (κ1) is 7.75. The molecule has 1 aliphatic rings. The molecule has 0 aromatic heterocycles. The number of hydroxylamine groups is 1. The maximum Gasteiger partial charge on any atom is 0.343 e. The average Bonchev–Trinajstić information content (AvgIpc) is 2.12. The molecule has 0 saturated heterocycles. The molecule has 3 nitrogen and oxygen atoms in total. The van der Waals surface area contributed by atoms with Crippen LogP contribution in [0, 0.1) is 0 Å². The quantitative estimate of drug-likeness (QED) is 0.617. The van der Waals surface area contributed by atoms with Crippen molar-refractivity contribution in [2.45, 2.75) is 32.9 Å². The second kappa shape index (κ2) is 2.71. The van der Waals surface area contributed by atoms with Crippen LogP contribution in [0.3, 0.4) is 0 Å². The van der Waals surface area contributed by atoms with Crippen molar-refractivity contribution in [3.8, 4) is 0 Å². The first-order valence-electron chi connectivity index (χ1n) is 3.67. The molecule has 0 saturated carbocycles. The molecule has 4 heteroatoms. The van der Waals surface area contributed by atoms with Gasteiger partial charge in [0.2, 0.25) is 0 Å². The molecule has 0 radical (unpaired) electrons. The van der Waals surface area contributed by atoms with Gasteiger partial charge in [-0.05, 0) is 19.5 Å². The van der Waals surface area contributed by atoms with Crippen LogP contribution in [0.5, 0.6) is 0 Å². The third-order valence-electron chi connectivity index (χ3n) is 1.31. The second-order valence-corrected chi connectivity index (χ2v) is 6.28. The van der Waals surface area contributed by atoms with Crippen molar-refractivity contribution in [1.29, 1.82) is 0 Å². The minimum Gasteiger partial charge on any atom is -0.293 e. The summed E-state index contributed by atoms with van der Waals surface area (Å²) >= 11 is 0. The Kier molecular flexibility index (Phi) is 2.10. The van der Waals surface area contributed by atoms with Crippen LogP contribution in [0.4, 0.5) is 0 Å². The molecule has 58 valence electrons. The van der Waals surface area contributed by atoms with Crippen LogP contribution in [0.15, 0.2) is 4.66 Å². The SMILES string of the molecule is CCCC1=N[Si](C)(C)ON1. The molecule has 0 aromatic carbocycles. The summed E-state index contributed by atoms with van der Waals surface area (Å²) in [5.41, 5.74) is 2.86. The standard InChI is InChI=1S/C6H14N2OSi/c1-4-5-6-7-9-10(2,3)8-6/h4-5H2,1-3H3,(H,7,8). The third kappa shape index (κ3) is 1.81. The Balaban J connectivity index is 2.49. The monoisotopic (exact) mass is 158 g/mol. The topological polar surface area (TPSA) is 33.6 Å². The Labute approximate surface area is 62.7 Å². The summed E-state index contributed by atoms with van der Waals surface area (Å²) in [4.78, 5) is 0. The van der Waals surface area contributed by atoms with Crippen LogP contribution in [0.2, 0.25) is 13.1 Å². The van der Waals surface area contributed by atoms with Crippen LogP contribution >= 0.6 is 0 Å². The van der Waals surface area contributed by atoms with Crippen molar-refractivity contribution < 1.29 is 4.53 Å². The maximum absolute atomic E-state index is 5.29. The summed E-state index contributed by atoms with van der Waals surface area (Å²) in [7, 11) is -1.66. The number of rotatable bonds is 2. The van der Waals surface area contributed by atoms with Crippen molar-refractivity contribution >= 4 is 14.3 Å². The number of hydrogen-bond donors (Lipinski definition) is 1. The van der Waals surface area contributed by atoms with E-state index in [1.54, 1.807) is 0 Å². The fourth-order valence-corrected chi connectivity index (χ4v) is 2.12. The van der Waals surface area contributed by atoms with E-state index < -0.39 is 8.48 Å². The lowest BCUT2D eigenvalue weighted by atomic mass is 10.3. The van der Waals surface area contributed by atoms with Crippen LogP contribution in [0.1, 0.15) is 19.8 Å². The Morgan fingerprint density at radius 3 is 2.70 bits per heavy atom. The lowest BCUT2D eigenvalue weighted by Gasteiger charge is -2.05. The van der Waals surface area contributed by atoms with E-state index in [9.17, 15) is 0 Å². The van der Waals surface area contributed by atoms with Crippen LogP contribution in [-0.4, -0.2) is 14.3 Å². The fraction of sp³-hybridized carbons (Fsp3) is 0.833. The van der Waals surface area contributed by atoms with Gasteiger partial charge in [0, 0.05) is 6.42 Å². The van der Waals surface area contributed by atoms with E-state index in [0.717, 1.165) is 18.7 Å². The molecule has 1 N–H and O–H groups in total. The molecule has 0 unspecified atom stereocenters. The maximum atomic E-state index is 5.29. The Morgan fingerprint density at radius 1 is 1.60 bits per heavy atom. The number of hydrogen-bond acceptors (Lipinski definition) is 3. The first-order valence-corrected chi connectivity index (χ1v) is 6.52. The predicted octanol–water partition coefficient (Wildman–Crippen LogP) is 1.42. The van der Waals surface area contributed by atoms with Crippen molar-refractivity contribution in [1.82, 2.24) is 5.48 Å². The van der Waals surface area contributed by atoms with Crippen molar-refractivity contribution in [3.05, 3.63) is 0 Å². The molecule has 0 amide bonds. The molecule has 10 heavy (non-hydrogen) atoms. The highest BCUT2D eigenvalue weighted by Gasteiger charge is 2.29. The van der Waals surface area contributed by atoms with E-state index in [1.807, 2.05) is 0 Å². The molecular formula is C6H14N2OSi. The summed E-state index contributed by atoms with van der Waals surface area (Å²) < 4.78 is 9.72. The molecule has 0 aliphatic carbocycles. The molecule has 0 atom stereocenters. The third-order valence-corrected chi connectivity index (χ3v) is 2.72. The zero-order valence-electron chi connectivity index (χ0n) is 6.77. The van der Waals surface area contributed by atoms with Crippen molar-refractivity contribution in [3.63, 3.8) is 0 Å². The lowest BCUT2D eigenvalue weighted by Crippen LogP contribution is -2.27. The van der Waals surface area contributed by atoms with Crippen LogP contribution in [-0.2, 0) is 4.53 Å². The normalized spacial score (nSPS) is 22.1. The molecule has 0 spiro atoms. The summed E-state index contributed by atoms with van der Waals surface area (Å²) in [5, 5.41) is 0. The minimum atomic E-state index is -1.66. The predicted molar refractivity (Wildman–Crippen MR) is 44.0 cm³/mol. The number of nitrogens with zero attached hydrogens (tertiary/aromatic N) is 1. The van der Waals surface area contributed by atoms with Crippen LogP contribution in [0.25, 0.3) is 0 Å². The highest BCUT2D eigenvalue weighted by Crippen LogP contribution is 2.11. The fourth-order valence-electron chi connectivity index (χ4n) is 0.898. The smallest absolute Gasteiger partial charge is 0.293 e. The molecule has 0 fully saturated rings. The van der Waals surface area contributed by atoms with Gasteiger partial charge in [-0.2, -0.15) is 0 Å². The van der Waals surface area contributed by atoms with Gasteiger partial charge < -0.3 is 0 Å².